The lowest BCUT2D eigenvalue weighted by Crippen LogP contribution is -2.88. The van der Waals surface area contributed by atoms with Gasteiger partial charge < -0.3 is 0 Å². The summed E-state index contributed by atoms with van der Waals surface area (Å²) in [4.78, 5) is 21.6. The van der Waals surface area contributed by atoms with Gasteiger partial charge in [-0.1, -0.05) is 13.8 Å². The molecule has 1 unspecified atom stereocenters. The molecule has 0 bridgehead atoms. The Bertz CT molecular complexity index is 179. The Balaban J connectivity index is 2.63. The van der Waals surface area contributed by atoms with E-state index in [9.17, 15) is 9.59 Å². The number of amides is 2. The quantitative estimate of drug-likeness (QED) is 0.586. The van der Waals surface area contributed by atoms with E-state index < -0.39 is 0 Å². The van der Waals surface area contributed by atoms with E-state index >= 15 is 0 Å². The summed E-state index contributed by atoms with van der Waals surface area (Å²) in [7, 11) is 0. The molecule has 0 aliphatic carbocycles. The Hall–Kier alpha value is -0.350. The van der Waals surface area contributed by atoms with Crippen LogP contribution < -0.4 is 5.32 Å². The van der Waals surface area contributed by atoms with Gasteiger partial charge in [-0.2, -0.15) is 0 Å². The van der Waals surface area contributed by atoms with Crippen LogP contribution >= 0.6 is 11.8 Å². The second-order valence-electron chi connectivity index (χ2n) is 2.65. The summed E-state index contributed by atoms with van der Waals surface area (Å²) in [6, 6.07) is 0. The molecule has 10 heavy (non-hydrogen) atoms. The zero-order valence-corrected chi connectivity index (χ0v) is 6.77. The molecule has 0 saturated carbocycles. The molecule has 1 aliphatic rings. The molecule has 1 rings (SSSR count). The number of carbonyl (C=O) groups is 2. The summed E-state index contributed by atoms with van der Waals surface area (Å²) in [6.07, 6.45) is 0. The van der Waals surface area contributed by atoms with Gasteiger partial charge in [0.05, 0.1) is 0 Å². The van der Waals surface area contributed by atoms with E-state index in [1.54, 1.807) is 0 Å². The van der Waals surface area contributed by atoms with Crippen LogP contribution in [0.15, 0.2) is 0 Å². The molecule has 0 spiro atoms. The summed E-state index contributed by atoms with van der Waals surface area (Å²) in [5.41, 5.74) is 0. The van der Waals surface area contributed by atoms with E-state index in [1.807, 2.05) is 13.8 Å². The third kappa shape index (κ3) is 1.38. The zero-order valence-electron chi connectivity index (χ0n) is 5.96. The number of primary amides is 2. The van der Waals surface area contributed by atoms with E-state index in [1.165, 1.54) is 5.32 Å². The van der Waals surface area contributed by atoms with Crippen LogP contribution in [0.3, 0.4) is 0 Å². The van der Waals surface area contributed by atoms with Crippen molar-refractivity contribution in [1.29, 1.82) is 0 Å². The van der Waals surface area contributed by atoms with Crippen molar-refractivity contribution in [1.82, 2.24) is 0 Å². The number of nitrogens with two attached hydrogens (primary N) is 1. The highest BCUT2D eigenvalue weighted by Gasteiger charge is 2.39. The lowest BCUT2D eigenvalue weighted by atomic mass is 10.1. The van der Waals surface area contributed by atoms with Crippen molar-refractivity contribution >= 4 is 22.9 Å². The van der Waals surface area contributed by atoms with Crippen LogP contribution in [-0.4, -0.2) is 16.4 Å². The van der Waals surface area contributed by atoms with Crippen LogP contribution in [0.1, 0.15) is 13.8 Å². The maximum Gasteiger partial charge on any atom is 0.380 e. The molecule has 1 saturated heterocycles. The average molecular weight is 160 g/mol. The molecule has 56 valence electrons. The van der Waals surface area contributed by atoms with Gasteiger partial charge in [0.25, 0.3) is 0 Å². The van der Waals surface area contributed by atoms with Gasteiger partial charge in [0, 0.05) is 0 Å². The minimum Gasteiger partial charge on any atom is -0.229 e. The maximum atomic E-state index is 10.9. The number of hydrogen-bond acceptors (Lipinski definition) is 3. The second-order valence-corrected chi connectivity index (χ2v) is 3.79. The summed E-state index contributed by atoms with van der Waals surface area (Å²) < 4.78 is 0. The molecular formula is C6H10NO2S+. The third-order valence-corrected chi connectivity index (χ3v) is 2.77. The number of thioether (sulfide) groups is 1. The lowest BCUT2D eigenvalue weighted by molar-refractivity contribution is -0.456. The first-order valence-electron chi connectivity index (χ1n) is 3.20. The van der Waals surface area contributed by atoms with E-state index in [-0.39, 0.29) is 22.3 Å². The SMILES string of the molecule is CC(C)C1SC(=O)[NH2+]C1=O. The molecule has 0 aromatic heterocycles. The second kappa shape index (κ2) is 2.72. The Labute approximate surface area is 63.6 Å². The van der Waals surface area contributed by atoms with Crippen molar-refractivity contribution in [2.45, 2.75) is 19.1 Å². The van der Waals surface area contributed by atoms with Gasteiger partial charge >= 0.3 is 11.1 Å². The first kappa shape index (κ1) is 7.75. The van der Waals surface area contributed by atoms with Crippen LogP contribution in [0, 0.1) is 5.92 Å². The minimum absolute atomic E-state index is 0.0231. The Morgan fingerprint density at radius 3 is 2.30 bits per heavy atom. The van der Waals surface area contributed by atoms with E-state index in [0.29, 0.717) is 0 Å². The highest BCUT2D eigenvalue weighted by atomic mass is 32.2. The van der Waals surface area contributed by atoms with Gasteiger partial charge in [-0.15, -0.1) is 0 Å². The smallest absolute Gasteiger partial charge is 0.229 e. The molecule has 0 radical (unpaired) electrons. The standard InChI is InChI=1S/C6H9NO2S/c1-3(2)4-5(8)7-6(9)10-4/h3-4H,1-2H3,(H,7,8,9)/p+1. The lowest BCUT2D eigenvalue weighted by Gasteiger charge is -2.03. The van der Waals surface area contributed by atoms with Crippen LogP contribution in [0.25, 0.3) is 0 Å². The number of quaternary nitrogens is 1. The summed E-state index contributed by atoms with van der Waals surface area (Å²) >= 11 is 1.14. The largest absolute Gasteiger partial charge is 0.380 e. The fraction of sp³-hybridized carbons (Fsp3) is 0.667. The molecule has 1 atom stereocenters. The van der Waals surface area contributed by atoms with Crippen LogP contribution in [0.5, 0.6) is 0 Å². The van der Waals surface area contributed by atoms with Crippen LogP contribution in [0.2, 0.25) is 0 Å². The van der Waals surface area contributed by atoms with Gasteiger partial charge in [0.15, 0.2) is 0 Å². The Kier molecular flexibility index (Phi) is 2.11. The van der Waals surface area contributed by atoms with Crippen LogP contribution in [0.4, 0.5) is 4.79 Å². The maximum absolute atomic E-state index is 10.9. The molecular weight excluding hydrogens is 150 g/mol. The van der Waals surface area contributed by atoms with Crippen molar-refractivity contribution in [2.75, 3.05) is 0 Å². The number of hydrogen-bond donors (Lipinski definition) is 1. The van der Waals surface area contributed by atoms with Gasteiger partial charge in [-0.3, -0.25) is 0 Å². The highest BCUT2D eigenvalue weighted by molar-refractivity contribution is 8.14. The summed E-state index contributed by atoms with van der Waals surface area (Å²) in [6.45, 7) is 3.89. The highest BCUT2D eigenvalue weighted by Crippen LogP contribution is 2.21. The summed E-state index contributed by atoms with van der Waals surface area (Å²) in [5, 5.41) is 0.978. The number of imide groups is 1. The number of carbonyl (C=O) groups excluding carboxylic acids is 2. The van der Waals surface area contributed by atoms with Gasteiger partial charge in [-0.25, -0.2) is 14.9 Å². The van der Waals surface area contributed by atoms with Gasteiger partial charge in [0.2, 0.25) is 0 Å². The van der Waals surface area contributed by atoms with Gasteiger partial charge in [0.1, 0.15) is 5.25 Å². The molecule has 1 fully saturated rings. The number of rotatable bonds is 1. The van der Waals surface area contributed by atoms with E-state index in [2.05, 4.69) is 0 Å². The first-order chi connectivity index (χ1) is 4.61. The molecule has 1 aliphatic heterocycles. The third-order valence-electron chi connectivity index (χ3n) is 1.39. The minimum atomic E-state index is -0.118. The van der Waals surface area contributed by atoms with Crippen LogP contribution in [-0.2, 0) is 4.79 Å². The monoisotopic (exact) mass is 160 g/mol. The van der Waals surface area contributed by atoms with E-state index in [4.69, 9.17) is 0 Å². The molecule has 3 nitrogen and oxygen atoms in total. The molecule has 0 aromatic rings. The Morgan fingerprint density at radius 2 is 2.10 bits per heavy atom. The Morgan fingerprint density at radius 1 is 1.50 bits per heavy atom. The van der Waals surface area contributed by atoms with Crippen molar-refractivity contribution in [2.24, 2.45) is 5.92 Å². The normalized spacial score (nSPS) is 26.5. The average Bonchev–Trinajstić information content (AvgIpc) is 2.10. The predicted octanol–water partition coefficient (Wildman–Crippen LogP) is -0.0322. The van der Waals surface area contributed by atoms with Crippen molar-refractivity contribution in [3.05, 3.63) is 0 Å². The predicted molar refractivity (Wildman–Crippen MR) is 38.5 cm³/mol. The fourth-order valence-corrected chi connectivity index (χ4v) is 1.77. The molecule has 0 aromatic carbocycles. The first-order valence-corrected chi connectivity index (χ1v) is 4.08. The molecule has 1 heterocycles. The topological polar surface area (TPSA) is 50.8 Å². The van der Waals surface area contributed by atoms with Crippen molar-refractivity contribution in [3.8, 4) is 0 Å². The summed E-state index contributed by atoms with van der Waals surface area (Å²) in [5.74, 6) is 0.241. The molecule has 2 N–H and O–H groups in total. The molecule has 4 heteroatoms. The molecule has 2 amide bonds. The van der Waals surface area contributed by atoms with Crippen molar-refractivity contribution in [3.63, 3.8) is 0 Å². The van der Waals surface area contributed by atoms with Crippen molar-refractivity contribution < 1.29 is 14.9 Å². The van der Waals surface area contributed by atoms with Gasteiger partial charge in [-0.05, 0) is 17.7 Å². The van der Waals surface area contributed by atoms with E-state index in [0.717, 1.165) is 11.8 Å². The zero-order chi connectivity index (χ0) is 7.72. The fourth-order valence-electron chi connectivity index (χ4n) is 0.880.